The van der Waals surface area contributed by atoms with E-state index in [0.717, 1.165) is 6.07 Å². The zero-order valence-electron chi connectivity index (χ0n) is 11.7. The van der Waals surface area contributed by atoms with Crippen molar-refractivity contribution >= 4 is 40.9 Å². The SMILES string of the molecule is CC(NC(=O)Nc1cc(OC(F)(F)C(F)F)c(Cl)cc1Cl)C(=O)O. The third-order valence-electron chi connectivity index (χ3n) is 2.49. The Morgan fingerprint density at radius 2 is 1.83 bits per heavy atom. The molecule has 1 atom stereocenters. The fourth-order valence-electron chi connectivity index (χ4n) is 1.31. The predicted octanol–water partition coefficient (Wildman–Crippen LogP) is 3.82. The lowest BCUT2D eigenvalue weighted by Gasteiger charge is -2.19. The molecule has 0 aliphatic rings. The molecule has 1 unspecified atom stereocenters. The maximum Gasteiger partial charge on any atom is 0.461 e. The quantitative estimate of drug-likeness (QED) is 0.642. The van der Waals surface area contributed by atoms with Gasteiger partial charge in [0.15, 0.2) is 0 Å². The van der Waals surface area contributed by atoms with Crippen LogP contribution in [0, 0.1) is 0 Å². The number of amides is 2. The van der Waals surface area contributed by atoms with Crippen molar-refractivity contribution in [2.75, 3.05) is 5.32 Å². The summed E-state index contributed by atoms with van der Waals surface area (Å²) < 4.78 is 54.0. The standard InChI is InChI=1S/C12H10Cl2F4N2O4/c1-4(9(21)22)19-11(23)20-7-3-8(6(14)2-5(7)13)24-12(17,18)10(15)16/h2-4,10H,1H3,(H,21,22)(H2,19,20,23). The number of alkyl halides is 4. The number of halogens is 6. The van der Waals surface area contributed by atoms with Crippen LogP contribution in [0.5, 0.6) is 5.75 Å². The number of urea groups is 1. The number of hydrogen-bond donors (Lipinski definition) is 3. The number of carboxylic acids is 1. The molecule has 0 saturated heterocycles. The van der Waals surface area contributed by atoms with Gasteiger partial charge in [0.25, 0.3) is 0 Å². The van der Waals surface area contributed by atoms with E-state index in [1.54, 1.807) is 0 Å². The van der Waals surface area contributed by atoms with Crippen molar-refractivity contribution in [2.24, 2.45) is 0 Å². The van der Waals surface area contributed by atoms with E-state index in [9.17, 15) is 27.2 Å². The summed E-state index contributed by atoms with van der Waals surface area (Å²) in [6, 6.07) is -0.696. The second kappa shape index (κ2) is 7.75. The van der Waals surface area contributed by atoms with Gasteiger partial charge >= 0.3 is 24.5 Å². The molecule has 0 aliphatic heterocycles. The Hall–Kier alpha value is -1.94. The summed E-state index contributed by atoms with van der Waals surface area (Å²) in [7, 11) is 0. The number of ether oxygens (including phenoxy) is 1. The molecule has 0 saturated carbocycles. The summed E-state index contributed by atoms with van der Waals surface area (Å²) in [6.45, 7) is 1.17. The molecule has 134 valence electrons. The first-order valence-electron chi connectivity index (χ1n) is 6.08. The highest BCUT2D eigenvalue weighted by molar-refractivity contribution is 6.37. The molecule has 24 heavy (non-hydrogen) atoms. The summed E-state index contributed by atoms with van der Waals surface area (Å²) in [5, 5.41) is 12.0. The fourth-order valence-corrected chi connectivity index (χ4v) is 1.78. The normalized spacial score (nSPS) is 12.7. The molecule has 0 bridgehead atoms. The molecule has 0 aliphatic carbocycles. The second-order valence-electron chi connectivity index (χ2n) is 4.39. The maximum atomic E-state index is 12.9. The second-order valence-corrected chi connectivity index (χ2v) is 5.20. The summed E-state index contributed by atoms with van der Waals surface area (Å²) in [4.78, 5) is 22.2. The lowest BCUT2D eigenvalue weighted by molar-refractivity contribution is -0.253. The predicted molar refractivity (Wildman–Crippen MR) is 77.3 cm³/mol. The topological polar surface area (TPSA) is 87.7 Å². The summed E-state index contributed by atoms with van der Waals surface area (Å²) in [5.41, 5.74) is -0.309. The average molecular weight is 393 g/mol. The highest BCUT2D eigenvalue weighted by atomic mass is 35.5. The molecular weight excluding hydrogens is 383 g/mol. The average Bonchev–Trinajstić information content (AvgIpc) is 2.43. The van der Waals surface area contributed by atoms with Gasteiger partial charge in [-0.3, -0.25) is 4.79 Å². The molecule has 0 heterocycles. The van der Waals surface area contributed by atoms with E-state index in [2.05, 4.69) is 10.1 Å². The molecule has 0 radical (unpaired) electrons. The van der Waals surface area contributed by atoms with Crippen molar-refractivity contribution in [3.8, 4) is 5.75 Å². The van der Waals surface area contributed by atoms with E-state index < -0.39 is 41.3 Å². The van der Waals surface area contributed by atoms with Gasteiger partial charge in [0.1, 0.15) is 11.8 Å². The van der Waals surface area contributed by atoms with Crippen LogP contribution in [0.15, 0.2) is 12.1 Å². The Bertz CT molecular complexity index is 646. The number of aliphatic carboxylic acids is 1. The van der Waals surface area contributed by atoms with E-state index in [1.165, 1.54) is 6.92 Å². The zero-order valence-corrected chi connectivity index (χ0v) is 13.3. The van der Waals surface area contributed by atoms with Crippen LogP contribution in [0.1, 0.15) is 6.92 Å². The van der Waals surface area contributed by atoms with Crippen molar-refractivity contribution in [1.29, 1.82) is 0 Å². The first-order chi connectivity index (χ1) is 10.9. The molecule has 1 aromatic carbocycles. The van der Waals surface area contributed by atoms with Gasteiger partial charge < -0.3 is 20.5 Å². The molecule has 3 N–H and O–H groups in total. The van der Waals surface area contributed by atoms with Gasteiger partial charge in [-0.05, 0) is 13.0 Å². The van der Waals surface area contributed by atoms with Gasteiger partial charge in [-0.25, -0.2) is 4.79 Å². The number of anilines is 1. The number of carbonyl (C=O) groups is 2. The van der Waals surface area contributed by atoms with Gasteiger partial charge in [0.05, 0.1) is 15.7 Å². The van der Waals surface area contributed by atoms with Crippen LogP contribution in [-0.4, -0.2) is 35.7 Å². The van der Waals surface area contributed by atoms with Gasteiger partial charge in [0, 0.05) is 6.07 Å². The summed E-state index contributed by atoms with van der Waals surface area (Å²) in [6.07, 6.45) is -8.92. The third-order valence-corrected chi connectivity index (χ3v) is 3.10. The molecule has 1 aromatic rings. The van der Waals surface area contributed by atoms with Crippen LogP contribution in [0.3, 0.4) is 0 Å². The fraction of sp³-hybridized carbons (Fsp3) is 0.333. The smallest absolute Gasteiger partial charge is 0.461 e. The highest BCUT2D eigenvalue weighted by Crippen LogP contribution is 2.38. The minimum atomic E-state index is -4.81. The Labute approximate surface area is 142 Å². The number of carbonyl (C=O) groups excluding carboxylic acids is 1. The molecule has 0 aromatic heterocycles. The monoisotopic (exact) mass is 392 g/mol. The van der Waals surface area contributed by atoms with Gasteiger partial charge in [-0.2, -0.15) is 17.6 Å². The minimum absolute atomic E-state index is 0.217. The van der Waals surface area contributed by atoms with E-state index in [0.29, 0.717) is 6.07 Å². The van der Waals surface area contributed by atoms with Crippen molar-refractivity contribution in [3.63, 3.8) is 0 Å². The molecule has 0 fully saturated rings. The van der Waals surface area contributed by atoms with Crippen molar-refractivity contribution in [2.45, 2.75) is 25.5 Å². The molecule has 6 nitrogen and oxygen atoms in total. The molecule has 1 rings (SSSR count). The van der Waals surface area contributed by atoms with Crippen LogP contribution < -0.4 is 15.4 Å². The van der Waals surface area contributed by atoms with E-state index >= 15 is 0 Å². The van der Waals surface area contributed by atoms with E-state index in [1.807, 2.05) is 5.32 Å². The van der Waals surface area contributed by atoms with Crippen LogP contribution in [-0.2, 0) is 4.79 Å². The van der Waals surface area contributed by atoms with Crippen LogP contribution in [0.2, 0.25) is 10.0 Å². The molecule has 0 spiro atoms. The summed E-state index contributed by atoms with van der Waals surface area (Å²) >= 11 is 11.3. The lowest BCUT2D eigenvalue weighted by atomic mass is 10.3. The number of benzene rings is 1. The van der Waals surface area contributed by atoms with Crippen LogP contribution >= 0.6 is 23.2 Å². The Morgan fingerprint density at radius 3 is 2.33 bits per heavy atom. The Kier molecular flexibility index (Phi) is 6.50. The Balaban J connectivity index is 2.99. The number of carboxylic acid groups (broad SMARTS) is 1. The van der Waals surface area contributed by atoms with Crippen molar-refractivity contribution in [3.05, 3.63) is 22.2 Å². The first kappa shape index (κ1) is 20.1. The zero-order chi connectivity index (χ0) is 18.7. The third kappa shape index (κ3) is 5.31. The molecular formula is C12H10Cl2F4N2O4. The maximum absolute atomic E-state index is 12.9. The minimum Gasteiger partial charge on any atom is -0.480 e. The highest BCUT2D eigenvalue weighted by Gasteiger charge is 2.44. The first-order valence-corrected chi connectivity index (χ1v) is 6.84. The van der Waals surface area contributed by atoms with Crippen molar-refractivity contribution < 1.29 is 37.0 Å². The molecule has 12 heteroatoms. The van der Waals surface area contributed by atoms with Gasteiger partial charge in [-0.1, -0.05) is 23.2 Å². The summed E-state index contributed by atoms with van der Waals surface area (Å²) in [5.74, 6) is -2.18. The number of hydrogen-bond acceptors (Lipinski definition) is 3. The van der Waals surface area contributed by atoms with E-state index in [4.69, 9.17) is 28.3 Å². The number of rotatable bonds is 6. The van der Waals surface area contributed by atoms with Gasteiger partial charge in [-0.15, -0.1) is 0 Å². The van der Waals surface area contributed by atoms with Gasteiger partial charge in [0.2, 0.25) is 0 Å². The number of nitrogens with one attached hydrogen (secondary N) is 2. The van der Waals surface area contributed by atoms with E-state index in [-0.39, 0.29) is 10.7 Å². The van der Waals surface area contributed by atoms with Crippen LogP contribution in [0.4, 0.5) is 28.0 Å². The van der Waals surface area contributed by atoms with Crippen LogP contribution in [0.25, 0.3) is 0 Å². The Morgan fingerprint density at radius 1 is 1.25 bits per heavy atom. The van der Waals surface area contributed by atoms with Crippen molar-refractivity contribution in [1.82, 2.24) is 5.32 Å². The molecule has 2 amide bonds. The largest absolute Gasteiger partial charge is 0.480 e. The lowest BCUT2D eigenvalue weighted by Crippen LogP contribution is -2.40.